The van der Waals surface area contributed by atoms with Gasteiger partial charge in [-0.2, -0.15) is 0 Å². The van der Waals surface area contributed by atoms with E-state index in [0.29, 0.717) is 16.8 Å². The van der Waals surface area contributed by atoms with Crippen molar-refractivity contribution in [2.24, 2.45) is 5.92 Å². The molecule has 7 nitrogen and oxygen atoms in total. The Bertz CT molecular complexity index is 1340. The summed E-state index contributed by atoms with van der Waals surface area (Å²) in [6.45, 7) is 0.232. The van der Waals surface area contributed by atoms with Crippen LogP contribution < -0.4 is 16.2 Å². The predicted molar refractivity (Wildman–Crippen MR) is 127 cm³/mol. The van der Waals surface area contributed by atoms with Crippen molar-refractivity contribution in [3.05, 3.63) is 69.4 Å². The molecule has 0 bridgehead atoms. The number of hydrogen-bond acceptors (Lipinski definition) is 6. The lowest BCUT2D eigenvalue weighted by Crippen LogP contribution is -2.32. The topological polar surface area (TPSA) is 93.1 Å². The smallest absolute Gasteiger partial charge is 0.263 e. The molecule has 4 aromatic rings. The first-order valence-electron chi connectivity index (χ1n) is 10.3. The number of nitrogens with one attached hydrogen (secondary N) is 2. The molecule has 0 unspecified atom stereocenters. The van der Waals surface area contributed by atoms with Gasteiger partial charge in [0.15, 0.2) is 0 Å². The third kappa shape index (κ3) is 4.35. The van der Waals surface area contributed by atoms with Gasteiger partial charge < -0.3 is 10.6 Å². The van der Waals surface area contributed by atoms with Gasteiger partial charge in [0.1, 0.15) is 11.4 Å². The quantitative estimate of drug-likeness (QED) is 0.434. The maximum absolute atomic E-state index is 13.0. The zero-order chi connectivity index (χ0) is 22.1. The Hall–Kier alpha value is -3.30. The van der Waals surface area contributed by atoms with Crippen LogP contribution in [0.5, 0.6) is 0 Å². The molecule has 2 amide bonds. The van der Waals surface area contributed by atoms with E-state index in [1.807, 2.05) is 47.2 Å². The van der Waals surface area contributed by atoms with Crippen LogP contribution in [0.1, 0.15) is 18.4 Å². The fourth-order valence-corrected chi connectivity index (χ4v) is 5.12. The van der Waals surface area contributed by atoms with E-state index in [4.69, 9.17) is 0 Å². The first-order valence-corrected chi connectivity index (χ1v) is 12.0. The molecule has 2 N–H and O–H groups in total. The number of amides is 2. The average molecular weight is 465 g/mol. The highest BCUT2D eigenvalue weighted by atomic mass is 32.1. The highest BCUT2D eigenvalue weighted by Gasteiger charge is 2.29. The van der Waals surface area contributed by atoms with Crippen LogP contribution in [0.25, 0.3) is 20.7 Å². The molecule has 1 saturated carbocycles. The third-order valence-corrected chi connectivity index (χ3v) is 7.11. The number of fused-ring (bicyclic) bond motifs is 1. The fraction of sp³-hybridized carbons (Fsp3) is 0.217. The van der Waals surface area contributed by atoms with Crippen molar-refractivity contribution in [3.8, 4) is 10.4 Å². The van der Waals surface area contributed by atoms with Gasteiger partial charge in [-0.3, -0.25) is 19.0 Å². The van der Waals surface area contributed by atoms with Crippen LogP contribution in [0.4, 0.5) is 5.69 Å². The summed E-state index contributed by atoms with van der Waals surface area (Å²) in [5.41, 5.74) is 2.30. The fourth-order valence-electron chi connectivity index (χ4n) is 3.40. The van der Waals surface area contributed by atoms with E-state index < -0.39 is 0 Å². The molecule has 162 valence electrons. The Kier molecular flexibility index (Phi) is 5.59. The molecule has 1 aliphatic carbocycles. The van der Waals surface area contributed by atoms with Crippen LogP contribution in [-0.4, -0.2) is 21.4 Å². The summed E-state index contributed by atoms with van der Waals surface area (Å²) in [4.78, 5) is 43.4. The van der Waals surface area contributed by atoms with E-state index in [1.54, 1.807) is 11.3 Å². The lowest BCUT2D eigenvalue weighted by Gasteiger charge is -2.09. The molecule has 0 spiro atoms. The Morgan fingerprint density at radius 1 is 1.12 bits per heavy atom. The molecule has 1 aliphatic rings. The van der Waals surface area contributed by atoms with Crippen molar-refractivity contribution in [3.63, 3.8) is 0 Å². The lowest BCUT2D eigenvalue weighted by atomic mass is 10.2. The number of carbonyl (C=O) groups is 2. The minimum absolute atomic E-state index is 0.0648. The second-order valence-corrected chi connectivity index (χ2v) is 9.53. The molecular weight excluding hydrogens is 444 g/mol. The summed E-state index contributed by atoms with van der Waals surface area (Å²) >= 11 is 2.99. The minimum Gasteiger partial charge on any atom is -0.350 e. The molecule has 0 saturated heterocycles. The van der Waals surface area contributed by atoms with Crippen molar-refractivity contribution < 1.29 is 9.59 Å². The Balaban J connectivity index is 1.23. The van der Waals surface area contributed by atoms with Gasteiger partial charge in [-0.1, -0.05) is 18.2 Å². The predicted octanol–water partition coefficient (Wildman–Crippen LogP) is 3.85. The number of nitrogens with zero attached hydrogens (tertiary/aromatic N) is 2. The maximum atomic E-state index is 13.0. The van der Waals surface area contributed by atoms with Gasteiger partial charge in [0.05, 0.1) is 11.7 Å². The molecule has 3 aromatic heterocycles. The van der Waals surface area contributed by atoms with Crippen LogP contribution in [-0.2, 0) is 22.7 Å². The molecule has 0 atom stereocenters. The van der Waals surface area contributed by atoms with Crippen molar-refractivity contribution in [1.82, 2.24) is 14.9 Å². The second kappa shape index (κ2) is 8.68. The highest BCUT2D eigenvalue weighted by Crippen LogP contribution is 2.33. The van der Waals surface area contributed by atoms with Crippen molar-refractivity contribution in [2.45, 2.75) is 25.9 Å². The monoisotopic (exact) mass is 464 g/mol. The zero-order valence-corrected chi connectivity index (χ0v) is 18.7. The number of aromatic nitrogens is 2. The Morgan fingerprint density at radius 2 is 1.94 bits per heavy atom. The highest BCUT2D eigenvalue weighted by molar-refractivity contribution is 7.18. The van der Waals surface area contributed by atoms with Crippen molar-refractivity contribution >= 4 is 50.4 Å². The van der Waals surface area contributed by atoms with Gasteiger partial charge in [0.2, 0.25) is 11.8 Å². The largest absolute Gasteiger partial charge is 0.350 e. The number of hydrogen-bond donors (Lipinski definition) is 2. The molecule has 9 heteroatoms. The van der Waals surface area contributed by atoms with Crippen LogP contribution in [0.15, 0.2) is 58.3 Å². The normalized spacial score (nSPS) is 13.2. The van der Waals surface area contributed by atoms with Gasteiger partial charge in [0.25, 0.3) is 5.56 Å². The van der Waals surface area contributed by atoms with E-state index >= 15 is 0 Å². The number of thiophene rings is 2. The molecule has 5 rings (SSSR count). The first kappa shape index (κ1) is 20.6. The molecule has 0 radical (unpaired) electrons. The van der Waals surface area contributed by atoms with Gasteiger partial charge in [-0.05, 0) is 42.0 Å². The lowest BCUT2D eigenvalue weighted by molar-refractivity contribution is -0.122. The zero-order valence-electron chi connectivity index (χ0n) is 17.0. The van der Waals surface area contributed by atoms with Gasteiger partial charge in [-0.15, -0.1) is 22.7 Å². The van der Waals surface area contributed by atoms with Gasteiger partial charge >= 0.3 is 0 Å². The Morgan fingerprint density at radius 3 is 2.66 bits per heavy atom. The molecule has 1 fully saturated rings. The average Bonchev–Trinajstić information content (AvgIpc) is 3.33. The van der Waals surface area contributed by atoms with Crippen molar-refractivity contribution in [1.29, 1.82) is 0 Å². The summed E-state index contributed by atoms with van der Waals surface area (Å²) in [5, 5.41) is 10.2. The standard InChI is InChI=1S/C23H20N4O3S2/c28-19(24-10-14-3-7-16(8-4-14)26-21(29)15-5-6-15)11-27-13-25-22-20(23(27)30)17(12-32-22)18-2-1-9-31-18/h1-4,7-9,12-13,15H,5-6,10-11H2,(H,24,28)(H,26,29). The summed E-state index contributed by atoms with van der Waals surface area (Å²) in [6.07, 6.45) is 3.35. The molecule has 3 heterocycles. The van der Waals surface area contributed by atoms with Crippen molar-refractivity contribution in [2.75, 3.05) is 5.32 Å². The summed E-state index contributed by atoms with van der Waals surface area (Å²) in [5.74, 6) is -0.0521. The first-order chi connectivity index (χ1) is 15.6. The minimum atomic E-state index is -0.271. The van der Waals surface area contributed by atoms with E-state index in [0.717, 1.165) is 34.5 Å². The van der Waals surface area contributed by atoms with Crippen LogP contribution in [0, 0.1) is 5.92 Å². The SMILES string of the molecule is O=C(Cn1cnc2scc(-c3cccs3)c2c1=O)NCc1ccc(NC(=O)C2CC2)cc1. The van der Waals surface area contributed by atoms with Crippen LogP contribution in [0.2, 0.25) is 0 Å². The molecule has 32 heavy (non-hydrogen) atoms. The number of anilines is 1. The molecular formula is C23H20N4O3S2. The summed E-state index contributed by atoms with van der Waals surface area (Å²) in [7, 11) is 0. The molecule has 0 aliphatic heterocycles. The third-order valence-electron chi connectivity index (χ3n) is 5.32. The van der Waals surface area contributed by atoms with Crippen LogP contribution >= 0.6 is 22.7 Å². The van der Waals surface area contributed by atoms with Crippen LogP contribution in [0.3, 0.4) is 0 Å². The maximum Gasteiger partial charge on any atom is 0.263 e. The summed E-state index contributed by atoms with van der Waals surface area (Å²) < 4.78 is 1.35. The Labute approximate surface area is 191 Å². The molecule has 1 aromatic carbocycles. The van der Waals surface area contributed by atoms with E-state index in [-0.39, 0.29) is 29.8 Å². The summed E-state index contributed by atoms with van der Waals surface area (Å²) in [6, 6.07) is 11.3. The van der Waals surface area contributed by atoms with E-state index in [9.17, 15) is 14.4 Å². The number of carbonyl (C=O) groups excluding carboxylic acids is 2. The number of rotatable bonds is 7. The van der Waals surface area contributed by atoms with Gasteiger partial charge in [0, 0.05) is 34.0 Å². The second-order valence-electron chi connectivity index (χ2n) is 7.72. The van der Waals surface area contributed by atoms with E-state index in [1.165, 1.54) is 22.2 Å². The number of benzene rings is 1. The van der Waals surface area contributed by atoms with E-state index in [2.05, 4.69) is 15.6 Å². The van der Waals surface area contributed by atoms with Gasteiger partial charge in [-0.25, -0.2) is 4.98 Å².